The van der Waals surface area contributed by atoms with Crippen molar-refractivity contribution < 1.29 is 54.7 Å². The molecule has 0 amide bonds. The summed E-state index contributed by atoms with van der Waals surface area (Å²) in [6.45, 7) is 0. The maximum Gasteiger partial charge on any atom is 0.335 e. The molecule has 0 aliphatic heterocycles. The molecule has 115 heavy (non-hydrogen) atoms. The van der Waals surface area contributed by atoms with Gasteiger partial charge in [-0.15, -0.1) is 0 Å². The molecule has 16 aromatic carbocycles. The first-order valence-electron chi connectivity index (χ1n) is 36.7. The normalized spacial score (nSPS) is 10.3. The summed E-state index contributed by atoms with van der Waals surface area (Å²) in [6, 6.07) is 165. The summed E-state index contributed by atoms with van der Waals surface area (Å²) in [7, 11) is -8.63. The standard InChI is InChI=1S/3C24H20P.4C7H6O2.BO3/c3*1-5-13-21(14-6-1)25(22-15-7-2-8-16-22,23-17-9-3-10-18-23)24-19-11-4-12-20-24;4*8-7(9)6-4-2-1-3-5-6;2-1(3)4/h3*1-20H;4*1-5H,(H,8,9);/q3*+1;;;;;-3. The van der Waals surface area contributed by atoms with Gasteiger partial charge in [0.25, 0.3) is 0 Å². The minimum absolute atomic E-state index is 0.331. The molecule has 16 rings (SSSR count). The van der Waals surface area contributed by atoms with Crippen molar-refractivity contribution in [2.45, 2.75) is 0 Å². The number of hydrogen-bond acceptors (Lipinski definition) is 7. The van der Waals surface area contributed by atoms with Gasteiger partial charge in [-0.3, -0.25) is 7.32 Å². The van der Waals surface area contributed by atoms with E-state index >= 15 is 0 Å². The topological polar surface area (TPSA) is 218 Å². The molecule has 0 fully saturated rings. The quantitative estimate of drug-likeness (QED) is 0.0527. The van der Waals surface area contributed by atoms with Crippen LogP contribution in [-0.2, 0) is 0 Å². The third-order valence-corrected chi connectivity index (χ3v) is 30.7. The van der Waals surface area contributed by atoms with E-state index in [1.54, 1.807) is 121 Å². The van der Waals surface area contributed by atoms with E-state index in [1.165, 1.54) is 63.7 Å². The summed E-state index contributed by atoms with van der Waals surface area (Å²) in [4.78, 5) is 40.8. The summed E-state index contributed by atoms with van der Waals surface area (Å²) in [5, 5.41) is 75.4. The molecule has 0 atom stereocenters. The van der Waals surface area contributed by atoms with E-state index in [1.807, 2.05) is 0 Å². The smallest absolute Gasteiger partial charge is 0.335 e. The molecule has 11 nitrogen and oxygen atoms in total. The minimum Gasteiger partial charge on any atom is -0.907 e. The van der Waals surface area contributed by atoms with E-state index in [9.17, 15) is 19.2 Å². The van der Waals surface area contributed by atoms with Gasteiger partial charge in [-0.05, 0) is 194 Å². The molecule has 15 heteroatoms. The van der Waals surface area contributed by atoms with Crippen molar-refractivity contribution in [3.05, 3.63) is 508 Å². The Kier molecular flexibility index (Phi) is 34.1. The summed E-state index contributed by atoms with van der Waals surface area (Å²) in [5.74, 6) is -3.52. The van der Waals surface area contributed by atoms with Crippen LogP contribution in [0.3, 0.4) is 0 Å². The molecule has 0 heterocycles. The second kappa shape index (κ2) is 45.8. The second-order valence-electron chi connectivity index (χ2n) is 25.0. The Morgan fingerprint density at radius 2 is 0.226 bits per heavy atom. The van der Waals surface area contributed by atoms with Crippen LogP contribution in [0.15, 0.2) is 485 Å². The van der Waals surface area contributed by atoms with Crippen molar-refractivity contribution in [2.24, 2.45) is 0 Å². The Morgan fingerprint density at radius 3 is 0.287 bits per heavy atom. The molecule has 0 aliphatic carbocycles. The van der Waals surface area contributed by atoms with Crippen molar-refractivity contribution in [3.8, 4) is 0 Å². The number of carboxylic acids is 4. The van der Waals surface area contributed by atoms with Gasteiger partial charge in [0.15, 0.2) is 0 Å². The van der Waals surface area contributed by atoms with Crippen LogP contribution < -0.4 is 78.7 Å². The highest BCUT2D eigenvalue weighted by Crippen LogP contribution is 2.56. The molecule has 16 aromatic rings. The summed E-state index contributed by atoms with van der Waals surface area (Å²) in [6.07, 6.45) is 0. The lowest BCUT2D eigenvalue weighted by Crippen LogP contribution is -2.56. The maximum absolute atomic E-state index is 10.2. The van der Waals surface area contributed by atoms with Gasteiger partial charge in [0.1, 0.15) is 85.4 Å². The van der Waals surface area contributed by atoms with Gasteiger partial charge in [0, 0.05) is 0 Å². The third-order valence-electron chi connectivity index (χ3n) is 17.8. The molecule has 0 unspecified atom stereocenters. The van der Waals surface area contributed by atoms with Crippen molar-refractivity contribution in [1.82, 2.24) is 0 Å². The van der Waals surface area contributed by atoms with Gasteiger partial charge in [-0.1, -0.05) is 291 Å². The van der Waals surface area contributed by atoms with Crippen molar-refractivity contribution in [1.29, 1.82) is 0 Å². The lowest BCUT2D eigenvalue weighted by molar-refractivity contribution is -0.479. The first kappa shape index (κ1) is 85.6. The third kappa shape index (κ3) is 23.8. The summed E-state index contributed by atoms with van der Waals surface area (Å²) in [5.41, 5.74) is 1.32. The van der Waals surface area contributed by atoms with Crippen molar-refractivity contribution in [3.63, 3.8) is 0 Å². The Bertz CT molecular complexity index is 4340. The molecular weight excluding hydrogens is 1480 g/mol. The van der Waals surface area contributed by atoms with Crippen LogP contribution in [-0.4, -0.2) is 51.6 Å². The summed E-state index contributed by atoms with van der Waals surface area (Å²) < 4.78 is 0. The largest absolute Gasteiger partial charge is 0.907 e. The molecule has 0 bridgehead atoms. The number of carbonyl (C=O) groups is 4. The van der Waals surface area contributed by atoms with Gasteiger partial charge in [0.2, 0.25) is 0 Å². The summed E-state index contributed by atoms with van der Waals surface area (Å²) >= 11 is 0. The van der Waals surface area contributed by atoms with Gasteiger partial charge in [-0.2, -0.15) is 0 Å². The molecule has 0 saturated carbocycles. The Balaban J connectivity index is 0.000000160. The lowest BCUT2D eigenvalue weighted by atomic mass is 10.2. The first-order chi connectivity index (χ1) is 56.2. The SMILES string of the molecule is O=C(O)c1ccccc1.O=C(O)c1ccccc1.O=C(O)c1ccccc1.O=C(O)c1ccccc1.[O-]B([O-])[O-].c1ccc([P+](c2ccccc2)(c2ccccc2)c2ccccc2)cc1.c1ccc([P+](c2ccccc2)(c2ccccc2)c2ccccc2)cc1.c1ccc([P+](c2ccccc2)(c2ccccc2)c2ccccc2)cc1. The Hall–Kier alpha value is -13.4. The monoisotopic (exact) mass is 1560 g/mol. The fourth-order valence-electron chi connectivity index (χ4n) is 12.8. The van der Waals surface area contributed by atoms with Crippen LogP contribution in [0.1, 0.15) is 41.4 Å². The van der Waals surface area contributed by atoms with Crippen LogP contribution in [0.2, 0.25) is 0 Å². The van der Waals surface area contributed by atoms with E-state index in [2.05, 4.69) is 364 Å². The predicted molar refractivity (Wildman–Crippen MR) is 473 cm³/mol. The van der Waals surface area contributed by atoms with Crippen molar-refractivity contribution >= 4 is 117 Å². The number of aromatic carboxylic acids is 4. The highest BCUT2D eigenvalue weighted by molar-refractivity contribution is 8.02. The average Bonchev–Trinajstić information content (AvgIpc) is 0.751. The fourth-order valence-corrected chi connectivity index (χ4v) is 25.6. The molecular formula is C100H84BO11P3. The minimum atomic E-state index is -2.92. The number of hydrogen-bond donors (Lipinski definition) is 4. The fraction of sp³-hybridized carbons (Fsp3) is 0. The molecule has 568 valence electrons. The van der Waals surface area contributed by atoms with Gasteiger partial charge >= 0.3 is 23.9 Å². The van der Waals surface area contributed by atoms with Gasteiger partial charge in [-0.25, -0.2) is 19.2 Å². The number of rotatable bonds is 16. The van der Waals surface area contributed by atoms with E-state index in [-0.39, 0.29) is 0 Å². The zero-order chi connectivity index (χ0) is 81.2. The Labute approximate surface area is 674 Å². The van der Waals surface area contributed by atoms with E-state index in [0.717, 1.165) is 0 Å². The number of benzene rings is 16. The van der Waals surface area contributed by atoms with Crippen LogP contribution in [0.5, 0.6) is 0 Å². The molecule has 0 saturated heterocycles. The zero-order valence-corrected chi connectivity index (χ0v) is 65.4. The van der Waals surface area contributed by atoms with E-state index < -0.39 is 53.0 Å². The maximum atomic E-state index is 10.2. The van der Waals surface area contributed by atoms with Crippen molar-refractivity contribution in [2.75, 3.05) is 0 Å². The van der Waals surface area contributed by atoms with Gasteiger partial charge in [0.05, 0.1) is 22.3 Å². The molecule has 0 aliphatic rings. The van der Waals surface area contributed by atoms with Crippen LogP contribution >= 0.6 is 21.8 Å². The number of carboxylic acid groups (broad SMARTS) is 4. The molecule has 4 N–H and O–H groups in total. The molecule has 0 spiro atoms. The lowest BCUT2D eigenvalue weighted by Gasteiger charge is -2.35. The first-order valence-corrected chi connectivity index (χ1v) is 42.0. The second-order valence-corrected chi connectivity index (χ2v) is 35.2. The predicted octanol–water partition coefficient (Wildman–Crippen LogP) is 14.5. The average molecular weight is 1570 g/mol. The molecule has 0 radical (unpaired) electrons. The molecule has 0 aromatic heterocycles. The van der Waals surface area contributed by atoms with E-state index in [4.69, 9.17) is 35.5 Å². The van der Waals surface area contributed by atoms with Crippen LogP contribution in [0, 0.1) is 0 Å². The van der Waals surface area contributed by atoms with Crippen LogP contribution in [0.25, 0.3) is 0 Å². The highest BCUT2D eigenvalue weighted by atomic mass is 31.2. The Morgan fingerprint density at radius 1 is 0.157 bits per heavy atom. The van der Waals surface area contributed by atoms with Crippen LogP contribution in [0.4, 0.5) is 0 Å². The zero-order valence-electron chi connectivity index (χ0n) is 62.8. The van der Waals surface area contributed by atoms with E-state index in [0.29, 0.717) is 22.3 Å². The van der Waals surface area contributed by atoms with Gasteiger partial charge < -0.3 is 35.5 Å². The highest BCUT2D eigenvalue weighted by Gasteiger charge is 2.50.